The van der Waals surface area contributed by atoms with E-state index in [9.17, 15) is 9.59 Å². The third-order valence-corrected chi connectivity index (χ3v) is 3.72. The van der Waals surface area contributed by atoms with Crippen LogP contribution in [0.25, 0.3) is 0 Å². The number of carbonyl (C=O) groups excluding carboxylic acids is 1. The number of hydrogen-bond acceptors (Lipinski definition) is 3. The molecule has 0 aromatic rings. The van der Waals surface area contributed by atoms with E-state index in [1.54, 1.807) is 19.0 Å². The highest BCUT2D eigenvalue weighted by Gasteiger charge is 2.39. The highest BCUT2D eigenvalue weighted by molar-refractivity contribution is 5.77. The Kier molecular flexibility index (Phi) is 4.95. The maximum atomic E-state index is 12.2. The van der Waals surface area contributed by atoms with Crippen molar-refractivity contribution in [3.05, 3.63) is 0 Å². The molecule has 0 saturated carbocycles. The van der Waals surface area contributed by atoms with E-state index in [4.69, 9.17) is 9.84 Å². The number of carboxylic acid groups (broad SMARTS) is 1. The number of rotatable bonds is 4. The molecule has 0 radical (unpaired) electrons. The summed E-state index contributed by atoms with van der Waals surface area (Å²) in [7, 11) is 3.37. The van der Waals surface area contributed by atoms with Crippen molar-refractivity contribution < 1.29 is 19.4 Å². The summed E-state index contributed by atoms with van der Waals surface area (Å²) in [4.78, 5) is 26.4. The van der Waals surface area contributed by atoms with Gasteiger partial charge in [-0.3, -0.25) is 4.79 Å². The number of aliphatic carboxylic acids is 1. The second-order valence-corrected chi connectivity index (χ2v) is 4.81. The maximum absolute atomic E-state index is 12.2. The predicted octanol–water partition coefficient (Wildman–Crippen LogP) is 0.868. The molecular formula is C12H22N2O4. The third kappa shape index (κ3) is 2.93. The molecule has 1 aliphatic heterocycles. The zero-order chi connectivity index (χ0) is 13.9. The molecule has 2 amide bonds. The molecule has 18 heavy (non-hydrogen) atoms. The summed E-state index contributed by atoms with van der Waals surface area (Å²) >= 11 is 0. The Bertz CT molecular complexity index is 321. The molecule has 0 spiro atoms. The summed E-state index contributed by atoms with van der Waals surface area (Å²) in [5, 5.41) is 9.08. The lowest BCUT2D eigenvalue weighted by molar-refractivity contribution is -0.142. The third-order valence-electron chi connectivity index (χ3n) is 3.72. The SMILES string of the molecule is CCC(C)N(C)C(=O)N(C)C1COCC1C(=O)O. The molecule has 1 N–H and O–H groups in total. The van der Waals surface area contributed by atoms with Crippen LogP contribution in [0.15, 0.2) is 0 Å². The van der Waals surface area contributed by atoms with Gasteiger partial charge in [0.2, 0.25) is 0 Å². The molecule has 6 heteroatoms. The number of hydrogen-bond donors (Lipinski definition) is 1. The van der Waals surface area contributed by atoms with Crippen LogP contribution < -0.4 is 0 Å². The van der Waals surface area contributed by atoms with Crippen molar-refractivity contribution in [1.29, 1.82) is 0 Å². The Morgan fingerprint density at radius 1 is 1.39 bits per heavy atom. The molecule has 1 fully saturated rings. The van der Waals surface area contributed by atoms with Gasteiger partial charge in [0, 0.05) is 20.1 Å². The molecule has 1 saturated heterocycles. The Balaban J connectivity index is 2.71. The minimum absolute atomic E-state index is 0.130. The van der Waals surface area contributed by atoms with Crippen molar-refractivity contribution in [3.63, 3.8) is 0 Å². The first-order valence-electron chi connectivity index (χ1n) is 6.20. The maximum Gasteiger partial charge on any atom is 0.320 e. The summed E-state index contributed by atoms with van der Waals surface area (Å²) in [6, 6.07) is -0.418. The highest BCUT2D eigenvalue weighted by atomic mass is 16.5. The second kappa shape index (κ2) is 6.04. The van der Waals surface area contributed by atoms with Crippen LogP contribution in [0.1, 0.15) is 20.3 Å². The van der Waals surface area contributed by atoms with Gasteiger partial charge in [-0.25, -0.2) is 4.79 Å². The van der Waals surface area contributed by atoms with Crippen LogP contribution in [0.2, 0.25) is 0 Å². The van der Waals surface area contributed by atoms with E-state index < -0.39 is 11.9 Å². The van der Waals surface area contributed by atoms with E-state index in [1.807, 2.05) is 13.8 Å². The van der Waals surface area contributed by atoms with Gasteiger partial charge in [0.25, 0.3) is 0 Å². The molecule has 104 valence electrons. The number of carbonyl (C=O) groups is 2. The summed E-state index contributed by atoms with van der Waals surface area (Å²) in [6.07, 6.45) is 0.861. The van der Waals surface area contributed by atoms with Crippen LogP contribution in [-0.4, -0.2) is 66.3 Å². The van der Waals surface area contributed by atoms with Gasteiger partial charge in [0.1, 0.15) is 5.92 Å². The number of carboxylic acids is 1. The van der Waals surface area contributed by atoms with Crippen molar-refractivity contribution in [2.45, 2.75) is 32.4 Å². The Labute approximate surface area is 107 Å². The summed E-state index contributed by atoms with van der Waals surface area (Å²) in [5.74, 6) is -1.55. The number of urea groups is 1. The van der Waals surface area contributed by atoms with E-state index in [0.717, 1.165) is 6.42 Å². The standard InChI is InChI=1S/C12H22N2O4/c1-5-8(2)13(3)12(17)14(4)10-7-18-6-9(10)11(15)16/h8-10H,5-7H2,1-4H3,(H,15,16). The van der Waals surface area contributed by atoms with Gasteiger partial charge in [-0.15, -0.1) is 0 Å². The Morgan fingerprint density at radius 2 is 2.00 bits per heavy atom. The lowest BCUT2D eigenvalue weighted by atomic mass is 10.0. The monoisotopic (exact) mass is 258 g/mol. The average molecular weight is 258 g/mol. The molecule has 1 aliphatic rings. The molecule has 0 aromatic carbocycles. The molecule has 1 heterocycles. The van der Waals surface area contributed by atoms with Gasteiger partial charge in [-0.1, -0.05) is 6.92 Å². The van der Waals surface area contributed by atoms with E-state index in [2.05, 4.69) is 0 Å². The predicted molar refractivity (Wildman–Crippen MR) is 66.4 cm³/mol. The quantitative estimate of drug-likeness (QED) is 0.812. The van der Waals surface area contributed by atoms with Crippen molar-refractivity contribution in [2.24, 2.45) is 5.92 Å². The Hall–Kier alpha value is -1.30. The summed E-state index contributed by atoms with van der Waals surface area (Å²) in [5.41, 5.74) is 0. The first kappa shape index (κ1) is 14.8. The first-order valence-corrected chi connectivity index (χ1v) is 6.20. The van der Waals surface area contributed by atoms with Crippen LogP contribution in [0.4, 0.5) is 4.79 Å². The fourth-order valence-corrected chi connectivity index (χ4v) is 2.01. The normalized spacial score (nSPS) is 24.7. The van der Waals surface area contributed by atoms with Crippen molar-refractivity contribution in [2.75, 3.05) is 27.3 Å². The number of amides is 2. The van der Waals surface area contributed by atoms with Crippen LogP contribution in [0, 0.1) is 5.92 Å². The molecular weight excluding hydrogens is 236 g/mol. The Morgan fingerprint density at radius 3 is 2.50 bits per heavy atom. The first-order chi connectivity index (χ1) is 8.40. The van der Waals surface area contributed by atoms with Crippen LogP contribution in [-0.2, 0) is 9.53 Å². The zero-order valence-electron chi connectivity index (χ0n) is 11.4. The molecule has 3 unspecified atom stereocenters. The fraction of sp³-hybridized carbons (Fsp3) is 0.833. The molecule has 6 nitrogen and oxygen atoms in total. The largest absolute Gasteiger partial charge is 0.481 e. The van der Waals surface area contributed by atoms with Gasteiger partial charge < -0.3 is 19.6 Å². The van der Waals surface area contributed by atoms with Gasteiger partial charge in [-0.05, 0) is 13.3 Å². The minimum atomic E-state index is -0.914. The highest BCUT2D eigenvalue weighted by Crippen LogP contribution is 2.20. The lowest BCUT2D eigenvalue weighted by Crippen LogP contribution is -2.50. The van der Waals surface area contributed by atoms with Gasteiger partial charge in [0.15, 0.2) is 0 Å². The number of likely N-dealkylation sites (N-methyl/N-ethyl adjacent to an activating group) is 1. The topological polar surface area (TPSA) is 70.1 Å². The molecule has 0 aromatic heterocycles. The molecule has 1 rings (SSSR count). The minimum Gasteiger partial charge on any atom is -0.481 e. The van der Waals surface area contributed by atoms with Crippen molar-refractivity contribution in [3.8, 4) is 0 Å². The average Bonchev–Trinajstić information content (AvgIpc) is 2.84. The van der Waals surface area contributed by atoms with E-state index in [-0.39, 0.29) is 31.3 Å². The zero-order valence-corrected chi connectivity index (χ0v) is 11.4. The summed E-state index contributed by atoms with van der Waals surface area (Å²) in [6.45, 7) is 4.43. The van der Waals surface area contributed by atoms with E-state index in [0.29, 0.717) is 0 Å². The van der Waals surface area contributed by atoms with Gasteiger partial charge >= 0.3 is 12.0 Å². The summed E-state index contributed by atoms with van der Waals surface area (Å²) < 4.78 is 5.18. The van der Waals surface area contributed by atoms with E-state index in [1.165, 1.54) is 4.90 Å². The van der Waals surface area contributed by atoms with E-state index >= 15 is 0 Å². The number of nitrogens with zero attached hydrogens (tertiary/aromatic N) is 2. The second-order valence-electron chi connectivity index (χ2n) is 4.81. The van der Waals surface area contributed by atoms with Crippen LogP contribution in [0.5, 0.6) is 0 Å². The smallest absolute Gasteiger partial charge is 0.320 e. The van der Waals surface area contributed by atoms with Crippen LogP contribution in [0.3, 0.4) is 0 Å². The number of ether oxygens (including phenoxy) is 1. The lowest BCUT2D eigenvalue weighted by Gasteiger charge is -2.33. The molecule has 3 atom stereocenters. The fourth-order valence-electron chi connectivity index (χ4n) is 2.01. The molecule has 0 aliphatic carbocycles. The van der Waals surface area contributed by atoms with Crippen LogP contribution >= 0.6 is 0 Å². The van der Waals surface area contributed by atoms with Crippen molar-refractivity contribution >= 4 is 12.0 Å². The van der Waals surface area contributed by atoms with Gasteiger partial charge in [-0.2, -0.15) is 0 Å². The molecule has 0 bridgehead atoms. The van der Waals surface area contributed by atoms with Gasteiger partial charge in [0.05, 0.1) is 19.3 Å². The van der Waals surface area contributed by atoms with Crippen molar-refractivity contribution in [1.82, 2.24) is 9.80 Å².